The molecule has 0 spiro atoms. The number of nitrogens with zero attached hydrogens (tertiary/aromatic N) is 2. The van der Waals surface area contributed by atoms with E-state index < -0.39 is 22.5 Å². The molecule has 0 unspecified atom stereocenters. The molecule has 13 heteroatoms. The number of halogens is 2. The minimum atomic E-state index is -3.78. The lowest BCUT2D eigenvalue weighted by Gasteiger charge is -2.21. The molecule has 0 aliphatic carbocycles. The Bertz CT molecular complexity index is 1330. The number of benzene rings is 2. The maximum Gasteiger partial charge on any atom is 0.260 e. The van der Waals surface area contributed by atoms with Gasteiger partial charge in [-0.1, -0.05) is 23.2 Å². The minimum absolute atomic E-state index is 0.156. The van der Waals surface area contributed by atoms with Gasteiger partial charge < -0.3 is 14.5 Å². The highest BCUT2D eigenvalue weighted by Crippen LogP contribution is 2.28. The molecule has 36 heavy (non-hydrogen) atoms. The Kier molecular flexibility index (Phi) is 9.34. The van der Waals surface area contributed by atoms with Crippen molar-refractivity contribution in [2.45, 2.75) is 6.54 Å². The van der Waals surface area contributed by atoms with E-state index in [9.17, 15) is 18.0 Å². The van der Waals surface area contributed by atoms with Gasteiger partial charge in [-0.2, -0.15) is 5.10 Å². The Balaban J connectivity index is 1.48. The van der Waals surface area contributed by atoms with Crippen LogP contribution in [0.25, 0.3) is 0 Å². The van der Waals surface area contributed by atoms with Crippen LogP contribution in [0.2, 0.25) is 10.0 Å². The zero-order chi connectivity index (χ0) is 26.1. The van der Waals surface area contributed by atoms with Crippen molar-refractivity contribution in [2.24, 2.45) is 5.10 Å². The fraction of sp³-hybridized carbons (Fsp3) is 0.174. The standard InChI is InChI=1S/C23H22Cl2N4O6S/c1-36(32,33)29(17-6-9-20(24)21(25)11-17)14-22(30)28-27-12-16-4-7-18(8-5-16)35-15-23(31)26-13-19-3-2-10-34-19/h2-12H,13-15H2,1H3,(H,26,31)(H,28,30)/b27-12-. The molecule has 0 bridgehead atoms. The molecule has 1 aromatic heterocycles. The lowest BCUT2D eigenvalue weighted by molar-refractivity contribution is -0.123. The molecule has 0 saturated heterocycles. The summed E-state index contributed by atoms with van der Waals surface area (Å²) >= 11 is 11.8. The molecule has 2 aromatic carbocycles. The summed E-state index contributed by atoms with van der Waals surface area (Å²) < 4.78 is 35.8. The van der Waals surface area contributed by atoms with E-state index in [4.69, 9.17) is 32.4 Å². The van der Waals surface area contributed by atoms with Gasteiger partial charge in [0, 0.05) is 0 Å². The van der Waals surface area contributed by atoms with Crippen LogP contribution in [-0.4, -0.2) is 45.9 Å². The van der Waals surface area contributed by atoms with E-state index in [-0.39, 0.29) is 34.8 Å². The molecular weight excluding hydrogens is 531 g/mol. The van der Waals surface area contributed by atoms with E-state index in [0.29, 0.717) is 17.1 Å². The normalized spacial score (nSPS) is 11.3. The molecule has 2 amide bonds. The molecule has 10 nitrogen and oxygen atoms in total. The van der Waals surface area contributed by atoms with Crippen LogP contribution in [0.3, 0.4) is 0 Å². The zero-order valence-electron chi connectivity index (χ0n) is 19.0. The molecule has 0 aliphatic heterocycles. The molecule has 0 atom stereocenters. The summed E-state index contributed by atoms with van der Waals surface area (Å²) in [7, 11) is -3.78. The van der Waals surface area contributed by atoms with Crippen LogP contribution in [0, 0.1) is 0 Å². The fourth-order valence-electron chi connectivity index (χ4n) is 2.83. The van der Waals surface area contributed by atoms with E-state index in [1.54, 1.807) is 36.4 Å². The number of hydrazone groups is 1. The number of furan rings is 1. The van der Waals surface area contributed by atoms with E-state index in [2.05, 4.69) is 15.8 Å². The largest absolute Gasteiger partial charge is 0.484 e. The van der Waals surface area contributed by atoms with Crippen LogP contribution in [-0.2, 0) is 26.2 Å². The second-order valence-corrected chi connectivity index (χ2v) is 10.1. The van der Waals surface area contributed by atoms with Crippen molar-refractivity contribution in [1.29, 1.82) is 0 Å². The van der Waals surface area contributed by atoms with Gasteiger partial charge in [-0.05, 0) is 60.2 Å². The number of nitrogens with one attached hydrogen (secondary N) is 2. The van der Waals surface area contributed by atoms with Crippen molar-refractivity contribution in [3.05, 3.63) is 82.2 Å². The third kappa shape index (κ3) is 8.29. The van der Waals surface area contributed by atoms with Crippen LogP contribution < -0.4 is 19.8 Å². The Morgan fingerprint density at radius 1 is 1.08 bits per heavy atom. The summed E-state index contributed by atoms with van der Waals surface area (Å²) in [6.45, 7) is -0.408. The summed E-state index contributed by atoms with van der Waals surface area (Å²) in [6.07, 6.45) is 3.87. The molecule has 3 rings (SSSR count). The number of ether oxygens (including phenoxy) is 1. The van der Waals surface area contributed by atoms with Gasteiger partial charge in [0.1, 0.15) is 18.1 Å². The van der Waals surface area contributed by atoms with Crippen molar-refractivity contribution in [3.8, 4) is 5.75 Å². The van der Waals surface area contributed by atoms with Gasteiger partial charge in [-0.25, -0.2) is 13.8 Å². The molecule has 3 aromatic rings. The van der Waals surface area contributed by atoms with Gasteiger partial charge in [0.15, 0.2) is 6.61 Å². The van der Waals surface area contributed by atoms with E-state index in [1.807, 2.05) is 0 Å². The third-order valence-corrected chi connectivity index (χ3v) is 6.45. The smallest absolute Gasteiger partial charge is 0.260 e. The van der Waals surface area contributed by atoms with Crippen LogP contribution in [0.5, 0.6) is 5.75 Å². The lowest BCUT2D eigenvalue weighted by Crippen LogP contribution is -2.39. The third-order valence-electron chi connectivity index (χ3n) is 4.57. The molecule has 0 radical (unpaired) electrons. The van der Waals surface area contributed by atoms with Crippen molar-refractivity contribution in [1.82, 2.24) is 10.7 Å². The van der Waals surface area contributed by atoms with Crippen LogP contribution in [0.4, 0.5) is 5.69 Å². The maximum atomic E-state index is 12.3. The van der Waals surface area contributed by atoms with Crippen LogP contribution >= 0.6 is 23.2 Å². The second kappa shape index (κ2) is 12.4. The van der Waals surface area contributed by atoms with Gasteiger partial charge >= 0.3 is 0 Å². The predicted octanol–water partition coefficient (Wildman–Crippen LogP) is 3.20. The average Bonchev–Trinajstić information content (AvgIpc) is 3.36. The first-order valence-electron chi connectivity index (χ1n) is 10.4. The van der Waals surface area contributed by atoms with Crippen molar-refractivity contribution >= 4 is 56.9 Å². The van der Waals surface area contributed by atoms with E-state index >= 15 is 0 Å². The molecule has 0 saturated carbocycles. The number of hydrogen-bond acceptors (Lipinski definition) is 7. The number of carbonyl (C=O) groups excluding carboxylic acids is 2. The van der Waals surface area contributed by atoms with Gasteiger partial charge in [0.2, 0.25) is 10.0 Å². The summed E-state index contributed by atoms with van der Waals surface area (Å²) in [5, 5.41) is 6.93. The van der Waals surface area contributed by atoms with Crippen molar-refractivity contribution < 1.29 is 27.2 Å². The van der Waals surface area contributed by atoms with E-state index in [1.165, 1.54) is 30.7 Å². The van der Waals surface area contributed by atoms with Gasteiger partial charge in [0.05, 0.1) is 41.0 Å². The molecular formula is C23H22Cl2N4O6S. The van der Waals surface area contributed by atoms with Crippen LogP contribution in [0.15, 0.2) is 70.4 Å². The SMILES string of the molecule is CS(=O)(=O)N(CC(=O)N/N=C\c1ccc(OCC(=O)NCc2ccco2)cc1)c1ccc(Cl)c(Cl)c1. The first kappa shape index (κ1) is 27.1. The fourth-order valence-corrected chi connectivity index (χ4v) is 3.97. The summed E-state index contributed by atoms with van der Waals surface area (Å²) in [5.41, 5.74) is 3.11. The summed E-state index contributed by atoms with van der Waals surface area (Å²) in [6, 6.07) is 14.3. The number of hydrogen-bond donors (Lipinski definition) is 2. The quantitative estimate of drug-likeness (QED) is 0.277. The van der Waals surface area contributed by atoms with Crippen molar-refractivity contribution in [3.63, 3.8) is 0 Å². The van der Waals surface area contributed by atoms with Gasteiger partial charge in [-0.3, -0.25) is 13.9 Å². The number of amides is 2. The highest BCUT2D eigenvalue weighted by molar-refractivity contribution is 7.92. The Morgan fingerprint density at radius 2 is 1.83 bits per heavy atom. The Morgan fingerprint density at radius 3 is 2.47 bits per heavy atom. The van der Waals surface area contributed by atoms with Crippen molar-refractivity contribution in [2.75, 3.05) is 23.7 Å². The average molecular weight is 553 g/mol. The molecule has 0 fully saturated rings. The monoisotopic (exact) mass is 552 g/mol. The summed E-state index contributed by atoms with van der Waals surface area (Å²) in [5.74, 6) is 0.138. The van der Waals surface area contributed by atoms with Crippen LogP contribution in [0.1, 0.15) is 11.3 Å². The maximum absolute atomic E-state index is 12.3. The topological polar surface area (TPSA) is 130 Å². The summed E-state index contributed by atoms with van der Waals surface area (Å²) in [4.78, 5) is 24.1. The first-order valence-corrected chi connectivity index (χ1v) is 13.0. The number of anilines is 1. The lowest BCUT2D eigenvalue weighted by atomic mass is 10.2. The highest BCUT2D eigenvalue weighted by atomic mass is 35.5. The number of rotatable bonds is 11. The first-order chi connectivity index (χ1) is 17.1. The predicted molar refractivity (Wildman–Crippen MR) is 137 cm³/mol. The molecule has 1 heterocycles. The number of carbonyl (C=O) groups is 2. The molecule has 190 valence electrons. The Labute approximate surface area is 217 Å². The van der Waals surface area contributed by atoms with Gasteiger partial charge in [0.25, 0.3) is 11.8 Å². The second-order valence-electron chi connectivity index (χ2n) is 7.38. The molecule has 0 aliphatic rings. The highest BCUT2D eigenvalue weighted by Gasteiger charge is 2.21. The van der Waals surface area contributed by atoms with E-state index in [0.717, 1.165) is 10.6 Å². The zero-order valence-corrected chi connectivity index (χ0v) is 21.3. The number of sulfonamides is 1. The Hall–Kier alpha value is -3.54. The van der Waals surface area contributed by atoms with Gasteiger partial charge in [-0.15, -0.1) is 0 Å². The molecule has 2 N–H and O–H groups in total. The minimum Gasteiger partial charge on any atom is -0.484 e.